The highest BCUT2D eigenvalue weighted by atomic mass is 79.9. The van der Waals surface area contributed by atoms with Gasteiger partial charge in [0.1, 0.15) is 25.3 Å². The molecule has 2 aromatic rings. The van der Waals surface area contributed by atoms with Crippen molar-refractivity contribution in [2.75, 3.05) is 14.1 Å². The first kappa shape index (κ1) is 53.7. The molecule has 2 aromatic carbocycles. The standard InChI is InChI=1S/C46H58N2O16.2BrH/c1-25(49)57-39-15-31(16-40(58-26(2)50)45(39)61-29(5)53)23-47(7)33-9-10-34(47)20-37(19-33)63-43(55)13-14-44(56)64-38-21-35-11-12-36(22-38)48(35,8)24-32-17-41(59-27(3)51)46(62-30(6)54)42(18-32)60-28(4)52;;/h15-18,33-38H,9-14,19-24H2,1-8H3;2*1H/q+2;;/p-2. The summed E-state index contributed by atoms with van der Waals surface area (Å²) in [6, 6.07) is 6.95. The highest BCUT2D eigenvalue weighted by Gasteiger charge is 2.54. The van der Waals surface area contributed by atoms with Gasteiger partial charge < -0.3 is 80.8 Å². The molecule has 4 aliphatic rings. The largest absolute Gasteiger partial charge is 1.00 e. The zero-order valence-corrected chi connectivity index (χ0v) is 41.6. The Morgan fingerprint density at radius 1 is 0.439 bits per heavy atom. The van der Waals surface area contributed by atoms with E-state index < -0.39 is 47.8 Å². The van der Waals surface area contributed by atoms with Gasteiger partial charge in [0.05, 0.1) is 51.1 Å². The van der Waals surface area contributed by atoms with Crippen molar-refractivity contribution >= 4 is 47.8 Å². The van der Waals surface area contributed by atoms with Gasteiger partial charge in [-0.3, -0.25) is 38.4 Å². The summed E-state index contributed by atoms with van der Waals surface area (Å²) >= 11 is 0. The van der Waals surface area contributed by atoms with Crippen molar-refractivity contribution in [2.24, 2.45) is 0 Å². The molecular weight excluding hydrogens is 996 g/mol. The number of hydrogen-bond acceptors (Lipinski definition) is 16. The van der Waals surface area contributed by atoms with E-state index in [2.05, 4.69) is 14.1 Å². The normalized spacial score (nSPS) is 25.7. The maximum absolute atomic E-state index is 13.1. The number of ether oxygens (including phenoxy) is 8. The third-order valence-electron chi connectivity index (χ3n) is 13.0. The van der Waals surface area contributed by atoms with Crippen LogP contribution in [0.15, 0.2) is 24.3 Å². The van der Waals surface area contributed by atoms with Gasteiger partial charge >= 0.3 is 47.8 Å². The van der Waals surface area contributed by atoms with Crippen LogP contribution < -0.4 is 62.4 Å². The summed E-state index contributed by atoms with van der Waals surface area (Å²) in [5.41, 5.74) is 1.39. The minimum atomic E-state index is -0.682. The summed E-state index contributed by atoms with van der Waals surface area (Å²) in [4.78, 5) is 97.9. The number of halogens is 2. The Kier molecular flexibility index (Phi) is 18.1. The summed E-state index contributed by atoms with van der Waals surface area (Å²) in [7, 11) is 4.25. The Labute approximate surface area is 404 Å². The van der Waals surface area contributed by atoms with Crippen molar-refractivity contribution in [2.45, 2.75) is 155 Å². The van der Waals surface area contributed by atoms with Crippen LogP contribution >= 0.6 is 0 Å². The number of esters is 8. The molecule has 4 atom stereocenters. The van der Waals surface area contributed by atoms with Crippen molar-refractivity contribution in [3.63, 3.8) is 0 Å². The molecule has 0 aliphatic carbocycles. The lowest BCUT2D eigenvalue weighted by Gasteiger charge is -2.47. The monoisotopic (exact) mass is 1050 g/mol. The van der Waals surface area contributed by atoms with E-state index in [-0.39, 0.29) is 118 Å². The first-order chi connectivity index (χ1) is 30.1. The molecule has 4 heterocycles. The van der Waals surface area contributed by atoms with E-state index in [9.17, 15) is 38.4 Å². The lowest BCUT2D eigenvalue weighted by Crippen LogP contribution is -3.00. The third-order valence-corrected chi connectivity index (χ3v) is 13.0. The predicted octanol–water partition coefficient (Wildman–Crippen LogP) is -0.907. The maximum Gasteiger partial charge on any atom is 0.308 e. The molecule has 0 spiro atoms. The third kappa shape index (κ3) is 12.9. The fourth-order valence-electron chi connectivity index (χ4n) is 10.4. The Balaban J connectivity index is 0.00000476. The van der Waals surface area contributed by atoms with Gasteiger partial charge in [-0.1, -0.05) is 0 Å². The summed E-state index contributed by atoms with van der Waals surface area (Å²) in [6.45, 7) is 8.18. The van der Waals surface area contributed by atoms with Crippen LogP contribution in [0.5, 0.6) is 34.5 Å². The molecule has 18 nitrogen and oxygen atoms in total. The smallest absolute Gasteiger partial charge is 0.308 e. The molecule has 4 unspecified atom stereocenters. The molecule has 20 heteroatoms. The Morgan fingerprint density at radius 2 is 0.682 bits per heavy atom. The van der Waals surface area contributed by atoms with E-state index in [1.54, 1.807) is 24.3 Å². The number of nitrogens with zero attached hydrogens (tertiary/aromatic N) is 2. The van der Waals surface area contributed by atoms with Crippen molar-refractivity contribution in [1.29, 1.82) is 0 Å². The minimum Gasteiger partial charge on any atom is -1.00 e. The summed E-state index contributed by atoms with van der Waals surface area (Å²) in [6.07, 6.45) is 5.13. The highest BCUT2D eigenvalue weighted by molar-refractivity contribution is 5.80. The van der Waals surface area contributed by atoms with E-state index in [1.807, 2.05) is 0 Å². The number of quaternary nitrogens is 2. The molecule has 4 saturated heterocycles. The molecule has 362 valence electrons. The molecule has 6 rings (SSSR count). The van der Waals surface area contributed by atoms with Gasteiger partial charge in [0.25, 0.3) is 0 Å². The van der Waals surface area contributed by atoms with Crippen LogP contribution in [-0.4, -0.2) is 107 Å². The summed E-state index contributed by atoms with van der Waals surface area (Å²) in [5, 5.41) is 0. The lowest BCUT2D eigenvalue weighted by atomic mass is 9.95. The van der Waals surface area contributed by atoms with Gasteiger partial charge in [0.15, 0.2) is 23.0 Å². The Hall–Kier alpha value is -4.92. The number of hydrogen-bond donors (Lipinski definition) is 0. The van der Waals surface area contributed by atoms with Crippen LogP contribution in [0.2, 0.25) is 0 Å². The zero-order chi connectivity index (χ0) is 46.7. The average molecular weight is 1050 g/mol. The quantitative estimate of drug-likeness (QED) is 0.120. The van der Waals surface area contributed by atoms with Crippen LogP contribution in [0.25, 0.3) is 0 Å². The van der Waals surface area contributed by atoms with Crippen molar-refractivity contribution < 1.29 is 119 Å². The van der Waals surface area contributed by atoms with Crippen LogP contribution in [0.3, 0.4) is 0 Å². The van der Waals surface area contributed by atoms with Crippen LogP contribution in [0, 0.1) is 0 Å². The van der Waals surface area contributed by atoms with Crippen molar-refractivity contribution in [3.05, 3.63) is 35.4 Å². The molecule has 4 aliphatic heterocycles. The second kappa shape index (κ2) is 22.3. The maximum atomic E-state index is 13.1. The predicted molar refractivity (Wildman–Crippen MR) is 222 cm³/mol. The van der Waals surface area contributed by atoms with Crippen molar-refractivity contribution in [1.82, 2.24) is 0 Å². The van der Waals surface area contributed by atoms with Gasteiger partial charge in [0, 0.05) is 104 Å². The van der Waals surface area contributed by atoms with Gasteiger partial charge in [0.2, 0.25) is 11.5 Å². The topological polar surface area (TPSA) is 210 Å². The fourth-order valence-corrected chi connectivity index (χ4v) is 10.4. The average Bonchev–Trinajstić information content (AvgIpc) is 3.39. The van der Waals surface area contributed by atoms with Crippen LogP contribution in [-0.2, 0) is 60.9 Å². The Morgan fingerprint density at radius 3 is 0.909 bits per heavy atom. The number of piperidine rings is 2. The molecule has 4 bridgehead atoms. The van der Waals surface area contributed by atoms with Crippen LogP contribution in [0.4, 0.5) is 0 Å². The van der Waals surface area contributed by atoms with Crippen molar-refractivity contribution in [3.8, 4) is 34.5 Å². The first-order valence-electron chi connectivity index (χ1n) is 21.6. The van der Waals surface area contributed by atoms with E-state index >= 15 is 0 Å². The van der Waals surface area contributed by atoms with Gasteiger partial charge in [-0.05, 0) is 24.3 Å². The molecule has 0 radical (unpaired) electrons. The first-order valence-corrected chi connectivity index (χ1v) is 21.6. The second-order valence-corrected chi connectivity index (χ2v) is 17.9. The highest BCUT2D eigenvalue weighted by Crippen LogP contribution is 2.48. The molecule has 4 fully saturated rings. The van der Waals surface area contributed by atoms with E-state index in [0.717, 1.165) is 25.7 Å². The second-order valence-electron chi connectivity index (χ2n) is 17.9. The SMILES string of the molecule is CC(=O)Oc1cc(C[N+]2(C)C3CCC2CC(OC(=O)CCC(=O)OC2CC4CCC(C2)[N+]4(C)Cc2cc(OC(C)=O)c(OC(C)=O)c(OC(C)=O)c2)C3)cc(OC(C)=O)c1OC(C)=O.[Br-].[Br-]. The fraction of sp³-hybridized carbons (Fsp3) is 0.565. The van der Waals surface area contributed by atoms with Gasteiger partial charge in [-0.2, -0.15) is 0 Å². The van der Waals surface area contributed by atoms with E-state index in [0.29, 0.717) is 58.9 Å². The summed E-state index contributed by atoms with van der Waals surface area (Å²) in [5.74, 6) is -5.36. The van der Waals surface area contributed by atoms with Gasteiger partial charge in [-0.25, -0.2) is 0 Å². The number of benzene rings is 2. The van der Waals surface area contributed by atoms with Crippen LogP contribution in [0.1, 0.15) is 117 Å². The number of carbonyl (C=O) groups is 8. The molecule has 0 aromatic heterocycles. The molecule has 0 saturated carbocycles. The zero-order valence-electron chi connectivity index (χ0n) is 38.4. The van der Waals surface area contributed by atoms with Gasteiger partial charge in [-0.15, -0.1) is 0 Å². The van der Waals surface area contributed by atoms with E-state index in [4.69, 9.17) is 37.9 Å². The lowest BCUT2D eigenvalue weighted by molar-refractivity contribution is -0.961. The molecule has 0 N–H and O–H groups in total. The van der Waals surface area contributed by atoms with E-state index in [1.165, 1.54) is 41.5 Å². The molecule has 0 amide bonds. The minimum absolute atomic E-state index is 0. The number of rotatable bonds is 15. The summed E-state index contributed by atoms with van der Waals surface area (Å²) < 4.78 is 45.2. The Bertz CT molecular complexity index is 1980. The molecule has 66 heavy (non-hydrogen) atoms. The molecular formula is C46H58Br2N2O16. The number of fused-ring (bicyclic) bond motifs is 4. The number of carbonyl (C=O) groups excluding carboxylic acids is 8.